The quantitative estimate of drug-likeness (QED) is 0.428. The van der Waals surface area contributed by atoms with E-state index < -0.39 is 5.91 Å². The topological polar surface area (TPSA) is 93.3 Å². The SMILES string of the molecule is N#C/C(=C\c1ccc(O)c(O)c1)C(=O)N[C@H](c1ccccc1)C1CC1.S. The fraction of sp³-hybridized carbons (Fsp3) is 0.200. The maximum absolute atomic E-state index is 12.5. The lowest BCUT2D eigenvalue weighted by Gasteiger charge is -2.18. The van der Waals surface area contributed by atoms with E-state index in [0.717, 1.165) is 18.4 Å². The van der Waals surface area contributed by atoms with Crippen LogP contribution in [0, 0.1) is 17.2 Å². The molecule has 0 saturated heterocycles. The maximum atomic E-state index is 12.5. The predicted octanol–water partition coefficient (Wildman–Crippen LogP) is 3.39. The van der Waals surface area contributed by atoms with Gasteiger partial charge in [0.25, 0.3) is 5.91 Å². The molecule has 6 heteroatoms. The highest BCUT2D eigenvalue weighted by molar-refractivity contribution is 7.59. The molecular formula is C20H20N2O3S. The molecule has 1 fully saturated rings. The molecule has 1 saturated carbocycles. The fourth-order valence-electron chi connectivity index (χ4n) is 2.73. The van der Waals surface area contributed by atoms with Crippen LogP contribution in [-0.4, -0.2) is 16.1 Å². The first-order valence-corrected chi connectivity index (χ1v) is 8.08. The number of amides is 1. The first-order valence-electron chi connectivity index (χ1n) is 8.08. The Morgan fingerprint density at radius 3 is 2.42 bits per heavy atom. The second-order valence-electron chi connectivity index (χ2n) is 6.12. The summed E-state index contributed by atoms with van der Waals surface area (Å²) in [6, 6.07) is 15.6. The molecule has 3 N–H and O–H groups in total. The molecule has 0 unspecified atom stereocenters. The number of aromatic hydroxyl groups is 2. The molecule has 3 rings (SSSR count). The van der Waals surface area contributed by atoms with Gasteiger partial charge in [-0.2, -0.15) is 18.8 Å². The number of nitriles is 1. The van der Waals surface area contributed by atoms with Crippen molar-refractivity contribution in [1.29, 1.82) is 5.26 Å². The first-order chi connectivity index (χ1) is 12.1. The summed E-state index contributed by atoms with van der Waals surface area (Å²) in [6.07, 6.45) is 3.50. The van der Waals surface area contributed by atoms with Crippen molar-refractivity contribution in [2.24, 2.45) is 5.92 Å². The Morgan fingerprint density at radius 2 is 1.85 bits per heavy atom. The number of benzene rings is 2. The van der Waals surface area contributed by atoms with E-state index >= 15 is 0 Å². The van der Waals surface area contributed by atoms with Crippen LogP contribution in [0.1, 0.15) is 30.0 Å². The number of phenols is 2. The molecule has 2 aromatic carbocycles. The monoisotopic (exact) mass is 368 g/mol. The molecule has 1 amide bonds. The number of hydrogen-bond acceptors (Lipinski definition) is 4. The van der Waals surface area contributed by atoms with E-state index in [1.165, 1.54) is 24.3 Å². The summed E-state index contributed by atoms with van der Waals surface area (Å²) in [6.45, 7) is 0. The van der Waals surface area contributed by atoms with Crippen molar-refractivity contribution in [1.82, 2.24) is 5.32 Å². The summed E-state index contributed by atoms with van der Waals surface area (Å²) in [5.74, 6) is -0.607. The first kappa shape index (κ1) is 19.4. The van der Waals surface area contributed by atoms with Crippen molar-refractivity contribution in [2.45, 2.75) is 18.9 Å². The third-order valence-electron chi connectivity index (χ3n) is 4.21. The maximum Gasteiger partial charge on any atom is 0.262 e. The van der Waals surface area contributed by atoms with Gasteiger partial charge in [-0.1, -0.05) is 36.4 Å². The van der Waals surface area contributed by atoms with Crippen molar-refractivity contribution in [3.8, 4) is 17.6 Å². The largest absolute Gasteiger partial charge is 0.504 e. The van der Waals surface area contributed by atoms with Crippen LogP contribution in [0.25, 0.3) is 6.08 Å². The Kier molecular flexibility index (Phi) is 6.31. The van der Waals surface area contributed by atoms with E-state index in [0.29, 0.717) is 11.5 Å². The number of carbonyl (C=O) groups is 1. The van der Waals surface area contributed by atoms with Crippen molar-refractivity contribution in [3.05, 3.63) is 65.2 Å². The van der Waals surface area contributed by atoms with E-state index in [9.17, 15) is 20.3 Å². The molecule has 1 aliphatic rings. The normalized spacial score (nSPS) is 14.7. The second kappa shape index (κ2) is 8.45. The number of phenolic OH excluding ortho intramolecular Hbond substituents is 2. The number of carbonyl (C=O) groups excluding carboxylic acids is 1. The Labute approximate surface area is 159 Å². The van der Waals surface area contributed by atoms with Gasteiger partial charge in [0.05, 0.1) is 6.04 Å². The second-order valence-corrected chi connectivity index (χ2v) is 6.12. The summed E-state index contributed by atoms with van der Waals surface area (Å²) in [4.78, 5) is 12.5. The molecule has 0 aromatic heterocycles. The molecule has 0 bridgehead atoms. The van der Waals surface area contributed by atoms with Gasteiger partial charge in [-0.15, -0.1) is 0 Å². The molecule has 26 heavy (non-hydrogen) atoms. The smallest absolute Gasteiger partial charge is 0.262 e. The molecule has 0 aliphatic heterocycles. The lowest BCUT2D eigenvalue weighted by Crippen LogP contribution is -2.30. The molecule has 0 spiro atoms. The summed E-state index contributed by atoms with van der Waals surface area (Å²) in [5, 5.41) is 31.2. The minimum atomic E-state index is -0.448. The lowest BCUT2D eigenvalue weighted by molar-refractivity contribution is -0.117. The Bertz CT molecular complexity index is 855. The number of rotatable bonds is 5. The van der Waals surface area contributed by atoms with Gasteiger partial charge in [0.1, 0.15) is 11.6 Å². The summed E-state index contributed by atoms with van der Waals surface area (Å²) < 4.78 is 0. The molecule has 5 nitrogen and oxygen atoms in total. The van der Waals surface area contributed by atoms with Crippen LogP contribution in [0.3, 0.4) is 0 Å². The summed E-state index contributed by atoms with van der Waals surface area (Å²) in [7, 11) is 0. The highest BCUT2D eigenvalue weighted by Gasteiger charge is 2.33. The van der Waals surface area contributed by atoms with Gasteiger partial charge in [-0.3, -0.25) is 4.79 Å². The zero-order valence-corrected chi connectivity index (χ0v) is 15.0. The van der Waals surface area contributed by atoms with E-state index in [4.69, 9.17) is 0 Å². The third kappa shape index (κ3) is 4.58. The minimum Gasteiger partial charge on any atom is -0.504 e. The average Bonchev–Trinajstić information content (AvgIpc) is 3.46. The molecular weight excluding hydrogens is 348 g/mol. The lowest BCUT2D eigenvalue weighted by atomic mass is 10.0. The van der Waals surface area contributed by atoms with Gasteiger partial charge in [0, 0.05) is 0 Å². The van der Waals surface area contributed by atoms with E-state index in [2.05, 4.69) is 5.32 Å². The average molecular weight is 368 g/mol. The Morgan fingerprint density at radius 1 is 1.15 bits per heavy atom. The standard InChI is InChI=1S/C20H18N2O3.H2S/c21-12-16(10-13-6-9-17(23)18(24)11-13)20(25)22-19(15-7-8-15)14-4-2-1-3-5-14;/h1-6,9-11,15,19,23-24H,7-8H2,(H,22,25);1H2/b16-10+;/t19-;/m1./s1. The van der Waals surface area contributed by atoms with Crippen molar-refractivity contribution < 1.29 is 15.0 Å². The number of nitrogens with one attached hydrogen (secondary N) is 1. The van der Waals surface area contributed by atoms with Crippen LogP contribution < -0.4 is 5.32 Å². The molecule has 2 aromatic rings. The molecule has 0 heterocycles. The number of nitrogens with zero attached hydrogens (tertiary/aromatic N) is 1. The van der Waals surface area contributed by atoms with Crippen LogP contribution in [0.5, 0.6) is 11.5 Å². The Hall–Kier alpha value is -2.91. The zero-order chi connectivity index (χ0) is 17.8. The summed E-state index contributed by atoms with van der Waals surface area (Å²) in [5.41, 5.74) is 1.44. The van der Waals surface area contributed by atoms with E-state index in [-0.39, 0.29) is 36.6 Å². The Balaban J connectivity index is 0.00000243. The van der Waals surface area contributed by atoms with Crippen molar-refractivity contribution in [2.75, 3.05) is 0 Å². The molecule has 1 aliphatic carbocycles. The highest BCUT2D eigenvalue weighted by Crippen LogP contribution is 2.41. The number of hydrogen-bond donors (Lipinski definition) is 3. The van der Waals surface area contributed by atoms with Crippen LogP contribution in [0.2, 0.25) is 0 Å². The van der Waals surface area contributed by atoms with Gasteiger partial charge in [-0.25, -0.2) is 0 Å². The third-order valence-corrected chi connectivity index (χ3v) is 4.21. The molecule has 0 radical (unpaired) electrons. The van der Waals surface area contributed by atoms with E-state index in [1.807, 2.05) is 36.4 Å². The van der Waals surface area contributed by atoms with Crippen LogP contribution in [0.15, 0.2) is 54.1 Å². The van der Waals surface area contributed by atoms with Crippen LogP contribution >= 0.6 is 13.5 Å². The van der Waals surface area contributed by atoms with Gasteiger partial charge in [-0.05, 0) is 48.1 Å². The van der Waals surface area contributed by atoms with Crippen LogP contribution in [-0.2, 0) is 4.79 Å². The van der Waals surface area contributed by atoms with Gasteiger partial charge >= 0.3 is 0 Å². The van der Waals surface area contributed by atoms with Crippen molar-refractivity contribution >= 4 is 25.5 Å². The molecule has 134 valence electrons. The highest BCUT2D eigenvalue weighted by atomic mass is 32.1. The fourth-order valence-corrected chi connectivity index (χ4v) is 2.73. The van der Waals surface area contributed by atoms with E-state index in [1.54, 1.807) is 0 Å². The zero-order valence-electron chi connectivity index (χ0n) is 14.0. The van der Waals surface area contributed by atoms with Gasteiger partial charge in [0.15, 0.2) is 11.5 Å². The minimum absolute atomic E-state index is 0. The van der Waals surface area contributed by atoms with Crippen LogP contribution in [0.4, 0.5) is 0 Å². The van der Waals surface area contributed by atoms with Crippen molar-refractivity contribution in [3.63, 3.8) is 0 Å². The van der Waals surface area contributed by atoms with Gasteiger partial charge < -0.3 is 15.5 Å². The van der Waals surface area contributed by atoms with Gasteiger partial charge in [0.2, 0.25) is 0 Å². The summed E-state index contributed by atoms with van der Waals surface area (Å²) >= 11 is 0. The predicted molar refractivity (Wildman–Crippen MR) is 104 cm³/mol. The molecule has 1 atom stereocenters.